The van der Waals surface area contributed by atoms with Crippen molar-refractivity contribution in [1.82, 2.24) is 4.98 Å². The fraction of sp³-hybridized carbons (Fsp3) is 0.375. The normalized spacial score (nSPS) is 13.3. The van der Waals surface area contributed by atoms with Gasteiger partial charge >= 0.3 is 21.6 Å². The number of ether oxygens (including phenoxy) is 1. The molecule has 0 bridgehead atoms. The van der Waals surface area contributed by atoms with Crippen molar-refractivity contribution in [3.63, 3.8) is 0 Å². The van der Waals surface area contributed by atoms with Crippen molar-refractivity contribution in [2.24, 2.45) is 0 Å². The number of nitrogens with one attached hydrogen (secondary N) is 1. The highest BCUT2D eigenvalue weighted by atomic mass is 32.2. The lowest BCUT2D eigenvalue weighted by Gasteiger charge is -2.17. The topological polar surface area (TPSA) is 94.6 Å². The number of benzene rings is 1. The molecule has 0 unspecified atom stereocenters. The second kappa shape index (κ2) is 7.59. The molecule has 0 amide bonds. The molecule has 1 heterocycles. The van der Waals surface area contributed by atoms with Gasteiger partial charge in [0.25, 0.3) is 5.88 Å². The highest BCUT2D eigenvalue weighted by Gasteiger charge is 2.49. The Kier molecular flexibility index (Phi) is 5.83. The van der Waals surface area contributed by atoms with E-state index in [0.29, 0.717) is 11.8 Å². The first-order chi connectivity index (χ1) is 12.5. The lowest BCUT2D eigenvalue weighted by atomic mass is 10.1. The number of methoxy groups -OCH3 is 1. The number of carbonyl (C=O) groups is 1. The van der Waals surface area contributed by atoms with Crippen LogP contribution in [0.3, 0.4) is 0 Å². The maximum Gasteiger partial charge on any atom is 0.534 e. The summed E-state index contributed by atoms with van der Waals surface area (Å²) in [4.78, 5) is 15.5. The molecule has 0 aliphatic rings. The first-order valence-electron chi connectivity index (χ1n) is 7.79. The van der Waals surface area contributed by atoms with Gasteiger partial charge in [-0.1, -0.05) is 6.92 Å². The number of pyridine rings is 1. The number of anilines is 1. The molecule has 1 aromatic carbocycles. The molecule has 0 spiro atoms. The van der Waals surface area contributed by atoms with Crippen molar-refractivity contribution >= 4 is 32.7 Å². The van der Waals surface area contributed by atoms with Gasteiger partial charge in [-0.05, 0) is 37.6 Å². The average molecular weight is 406 g/mol. The molecule has 1 aromatic heterocycles. The quantitative estimate of drug-likeness (QED) is 0.446. The number of fused-ring (bicyclic) bond motifs is 1. The van der Waals surface area contributed by atoms with Crippen LogP contribution in [-0.4, -0.2) is 38.0 Å². The second-order valence-corrected chi connectivity index (χ2v) is 7.21. The molecule has 148 valence electrons. The lowest BCUT2D eigenvalue weighted by Crippen LogP contribution is -2.29. The van der Waals surface area contributed by atoms with Crippen molar-refractivity contribution in [3.05, 3.63) is 29.8 Å². The van der Waals surface area contributed by atoms with Crippen LogP contribution in [-0.2, 0) is 14.9 Å². The molecular formula is C16H17F3N2O5S. The fourth-order valence-electron chi connectivity index (χ4n) is 2.09. The van der Waals surface area contributed by atoms with Crippen molar-refractivity contribution in [2.75, 3.05) is 12.4 Å². The van der Waals surface area contributed by atoms with Crippen LogP contribution in [0.15, 0.2) is 24.3 Å². The van der Waals surface area contributed by atoms with Gasteiger partial charge in [-0.2, -0.15) is 21.6 Å². The van der Waals surface area contributed by atoms with Gasteiger partial charge < -0.3 is 14.2 Å². The molecule has 0 radical (unpaired) electrons. The molecule has 0 aliphatic carbocycles. The Hall–Kier alpha value is -2.56. The van der Waals surface area contributed by atoms with Gasteiger partial charge in [0.2, 0.25) is 0 Å². The van der Waals surface area contributed by atoms with Crippen LogP contribution < -0.4 is 9.50 Å². The summed E-state index contributed by atoms with van der Waals surface area (Å²) in [7, 11) is -4.68. The minimum atomic E-state index is -5.89. The first-order valence-corrected chi connectivity index (χ1v) is 9.19. The van der Waals surface area contributed by atoms with Crippen molar-refractivity contribution in [2.45, 2.75) is 31.8 Å². The van der Waals surface area contributed by atoms with E-state index in [1.54, 1.807) is 6.92 Å². The summed E-state index contributed by atoms with van der Waals surface area (Å²) in [6, 6.07) is 5.29. The van der Waals surface area contributed by atoms with E-state index >= 15 is 0 Å². The zero-order chi connectivity index (χ0) is 20.4. The highest BCUT2D eigenvalue weighted by Crippen LogP contribution is 2.33. The van der Waals surface area contributed by atoms with Gasteiger partial charge in [-0.15, -0.1) is 0 Å². The minimum Gasteiger partial charge on any atom is -0.465 e. The van der Waals surface area contributed by atoms with Gasteiger partial charge in [-0.25, -0.2) is 9.78 Å². The number of esters is 1. The third-order valence-corrected chi connectivity index (χ3v) is 4.63. The third kappa shape index (κ3) is 4.59. The molecule has 11 heteroatoms. The molecule has 1 N–H and O–H groups in total. The van der Waals surface area contributed by atoms with Crippen molar-refractivity contribution in [1.29, 1.82) is 0 Å². The SMILES string of the molecule is CC[C@@H](C)Nc1cc2cc(C(=O)OC)ccc2nc1OS(=O)(=O)C(F)(F)F. The molecule has 0 saturated heterocycles. The molecule has 0 aliphatic heterocycles. The standard InChI is InChI=1S/C16H17F3N2O5S/c1-4-9(2)20-13-8-11-7-10(15(22)25-3)5-6-12(11)21-14(13)26-27(23,24)16(17,18)19/h5-9,20H,4H2,1-3H3/t9-/m1/s1. The van der Waals surface area contributed by atoms with Crippen LogP contribution in [0, 0.1) is 0 Å². The molecule has 1 atom stereocenters. The third-order valence-electron chi connectivity index (χ3n) is 3.69. The van der Waals surface area contributed by atoms with Crippen LogP contribution in [0.2, 0.25) is 0 Å². The van der Waals surface area contributed by atoms with E-state index in [1.807, 2.05) is 6.92 Å². The van der Waals surface area contributed by atoms with E-state index in [0.717, 1.165) is 0 Å². The van der Waals surface area contributed by atoms with Crippen molar-refractivity contribution in [3.8, 4) is 5.88 Å². The highest BCUT2D eigenvalue weighted by molar-refractivity contribution is 7.88. The summed E-state index contributed by atoms with van der Waals surface area (Å²) < 4.78 is 69.6. The molecule has 27 heavy (non-hydrogen) atoms. The molecule has 0 saturated carbocycles. The smallest absolute Gasteiger partial charge is 0.465 e. The molecule has 2 aromatic rings. The Labute approximate surface area is 153 Å². The van der Waals surface area contributed by atoms with Crippen molar-refractivity contribution < 1.29 is 35.3 Å². The number of hydrogen-bond donors (Lipinski definition) is 1. The van der Waals surface area contributed by atoms with Gasteiger partial charge in [0.1, 0.15) is 0 Å². The average Bonchev–Trinajstić information content (AvgIpc) is 2.59. The second-order valence-electron chi connectivity index (χ2n) is 5.68. The molecular weight excluding hydrogens is 389 g/mol. The van der Waals surface area contributed by atoms with E-state index in [1.165, 1.54) is 31.4 Å². The van der Waals surface area contributed by atoms with Gasteiger partial charge in [0, 0.05) is 11.4 Å². The van der Waals surface area contributed by atoms with Gasteiger partial charge in [-0.3, -0.25) is 0 Å². The lowest BCUT2D eigenvalue weighted by molar-refractivity contribution is -0.0501. The van der Waals surface area contributed by atoms with Crippen LogP contribution in [0.25, 0.3) is 10.9 Å². The summed E-state index contributed by atoms with van der Waals surface area (Å²) in [6.45, 7) is 3.57. The van der Waals surface area contributed by atoms with E-state index in [9.17, 15) is 26.4 Å². The Morgan fingerprint density at radius 2 is 1.96 bits per heavy atom. The maximum absolute atomic E-state index is 12.7. The summed E-state index contributed by atoms with van der Waals surface area (Å²) in [5, 5.41) is 3.24. The number of aromatic nitrogens is 1. The largest absolute Gasteiger partial charge is 0.534 e. The van der Waals surface area contributed by atoms with Crippen LogP contribution >= 0.6 is 0 Å². The summed E-state index contributed by atoms with van der Waals surface area (Å²) in [6.07, 6.45) is 0.603. The zero-order valence-corrected chi connectivity index (χ0v) is 15.4. The number of halogens is 3. The Morgan fingerprint density at radius 1 is 1.30 bits per heavy atom. The molecule has 2 rings (SSSR count). The predicted octanol–water partition coefficient (Wildman–Crippen LogP) is 3.46. The maximum atomic E-state index is 12.7. The van der Waals surface area contributed by atoms with Crippen LogP contribution in [0.1, 0.15) is 30.6 Å². The Bertz CT molecular complexity index is 960. The number of alkyl halides is 3. The molecule has 0 fully saturated rings. The number of carbonyl (C=O) groups excluding carboxylic acids is 1. The molecule has 7 nitrogen and oxygen atoms in total. The number of hydrogen-bond acceptors (Lipinski definition) is 7. The zero-order valence-electron chi connectivity index (χ0n) is 14.6. The minimum absolute atomic E-state index is 0.0494. The first kappa shape index (κ1) is 20.7. The van der Waals surface area contributed by atoms with Crippen LogP contribution in [0.5, 0.6) is 5.88 Å². The number of nitrogens with zero attached hydrogens (tertiary/aromatic N) is 1. The fourth-order valence-corrected chi connectivity index (χ4v) is 2.52. The monoisotopic (exact) mass is 406 g/mol. The predicted molar refractivity (Wildman–Crippen MR) is 92.1 cm³/mol. The number of rotatable bonds is 6. The summed E-state index contributed by atoms with van der Waals surface area (Å²) in [5.41, 5.74) is -5.29. The van der Waals surface area contributed by atoms with E-state index < -0.39 is 27.5 Å². The van der Waals surface area contributed by atoms with E-state index in [-0.39, 0.29) is 22.8 Å². The summed E-state index contributed by atoms with van der Waals surface area (Å²) >= 11 is 0. The van der Waals surface area contributed by atoms with E-state index in [2.05, 4.69) is 19.2 Å². The van der Waals surface area contributed by atoms with Gasteiger partial charge in [0.15, 0.2) is 0 Å². The Morgan fingerprint density at radius 3 is 2.52 bits per heavy atom. The van der Waals surface area contributed by atoms with Gasteiger partial charge in [0.05, 0.1) is 23.9 Å². The summed E-state index contributed by atoms with van der Waals surface area (Å²) in [5.74, 6) is -1.33. The van der Waals surface area contributed by atoms with E-state index in [4.69, 9.17) is 0 Å². The van der Waals surface area contributed by atoms with Crippen LogP contribution in [0.4, 0.5) is 18.9 Å². The Balaban J connectivity index is 2.60.